The van der Waals surface area contributed by atoms with Gasteiger partial charge in [-0.2, -0.15) is 5.26 Å². The topological polar surface area (TPSA) is 61.1 Å². The van der Waals surface area contributed by atoms with Crippen molar-refractivity contribution in [1.29, 1.82) is 5.26 Å². The molecule has 3 heteroatoms. The van der Waals surface area contributed by atoms with Gasteiger partial charge in [-0.25, -0.2) is 0 Å². The molecule has 2 aliphatic carbocycles. The number of rotatable bonds is 1. The molecule has 2 aliphatic rings. The molecule has 18 heavy (non-hydrogen) atoms. The van der Waals surface area contributed by atoms with Crippen LogP contribution in [0, 0.1) is 23.2 Å². The Bertz CT molecular complexity index is 546. The second-order valence-corrected chi connectivity index (χ2v) is 5.44. The van der Waals surface area contributed by atoms with E-state index in [0.717, 1.165) is 24.0 Å². The van der Waals surface area contributed by atoms with Crippen molar-refractivity contribution in [1.82, 2.24) is 0 Å². The average molecular weight is 241 g/mol. The van der Waals surface area contributed by atoms with E-state index in [2.05, 4.69) is 6.07 Å². The molecule has 0 amide bonds. The van der Waals surface area contributed by atoms with Crippen LogP contribution in [-0.2, 0) is 16.6 Å². The van der Waals surface area contributed by atoms with Gasteiger partial charge in [0.05, 0.1) is 11.5 Å². The highest BCUT2D eigenvalue weighted by Gasteiger charge is 2.54. The Hall–Kier alpha value is -1.82. The minimum Gasteiger partial charge on any atom is -0.481 e. The van der Waals surface area contributed by atoms with Crippen LogP contribution >= 0.6 is 0 Å². The first-order valence-corrected chi connectivity index (χ1v) is 6.40. The molecule has 1 aromatic carbocycles. The van der Waals surface area contributed by atoms with Crippen molar-refractivity contribution in [3.05, 3.63) is 35.4 Å². The number of carboxylic acid groups (broad SMARTS) is 1. The molecule has 3 rings (SSSR count). The van der Waals surface area contributed by atoms with Gasteiger partial charge < -0.3 is 5.11 Å². The highest BCUT2D eigenvalue weighted by atomic mass is 16.4. The molecule has 3 atom stereocenters. The molecule has 1 aromatic rings. The van der Waals surface area contributed by atoms with Crippen LogP contribution in [0.15, 0.2) is 24.3 Å². The first kappa shape index (κ1) is 11.3. The van der Waals surface area contributed by atoms with E-state index in [1.54, 1.807) is 0 Å². The zero-order valence-electron chi connectivity index (χ0n) is 10.1. The van der Waals surface area contributed by atoms with Gasteiger partial charge in [-0.1, -0.05) is 24.3 Å². The molecule has 0 saturated heterocycles. The number of carboxylic acids is 1. The Balaban J connectivity index is 2.09. The average Bonchev–Trinajstić information content (AvgIpc) is 2.72. The molecule has 0 spiro atoms. The Morgan fingerprint density at radius 1 is 1.44 bits per heavy atom. The molecule has 0 heterocycles. The highest BCUT2D eigenvalue weighted by molar-refractivity contribution is 5.84. The van der Waals surface area contributed by atoms with Crippen LogP contribution in [-0.4, -0.2) is 11.1 Å². The summed E-state index contributed by atoms with van der Waals surface area (Å²) in [6.45, 7) is 0. The van der Waals surface area contributed by atoms with Crippen LogP contribution in [0.2, 0.25) is 0 Å². The van der Waals surface area contributed by atoms with Crippen LogP contribution < -0.4 is 0 Å². The van der Waals surface area contributed by atoms with Gasteiger partial charge in [0.2, 0.25) is 0 Å². The van der Waals surface area contributed by atoms with Crippen LogP contribution in [0.25, 0.3) is 0 Å². The number of benzene rings is 1. The smallest absolute Gasteiger partial charge is 0.314 e. The van der Waals surface area contributed by atoms with E-state index in [0.29, 0.717) is 12.8 Å². The van der Waals surface area contributed by atoms with Crippen LogP contribution in [0.3, 0.4) is 0 Å². The first-order valence-electron chi connectivity index (χ1n) is 6.40. The Morgan fingerprint density at radius 3 is 2.94 bits per heavy atom. The number of nitrogens with zero attached hydrogens (tertiary/aromatic N) is 1. The summed E-state index contributed by atoms with van der Waals surface area (Å²) >= 11 is 0. The third-order valence-corrected chi connectivity index (χ3v) is 4.68. The third kappa shape index (κ3) is 1.32. The second-order valence-electron chi connectivity index (χ2n) is 5.44. The zero-order valence-corrected chi connectivity index (χ0v) is 10.1. The molecular weight excluding hydrogens is 226 g/mol. The third-order valence-electron chi connectivity index (χ3n) is 4.68. The van der Waals surface area contributed by atoms with Gasteiger partial charge >= 0.3 is 5.97 Å². The maximum atomic E-state index is 11.8. The SMILES string of the molecule is N#C[C@@H]1CC[C@]2(C(=O)O)c3ccccc3C[C@@H]2C1. The second kappa shape index (κ2) is 3.84. The maximum absolute atomic E-state index is 11.8. The Labute approximate surface area is 106 Å². The molecule has 0 bridgehead atoms. The summed E-state index contributed by atoms with van der Waals surface area (Å²) in [6.07, 6.45) is 2.83. The molecule has 1 N–H and O–H groups in total. The Kier molecular flexibility index (Phi) is 2.41. The summed E-state index contributed by atoms with van der Waals surface area (Å²) in [5.41, 5.74) is 1.41. The van der Waals surface area contributed by atoms with E-state index in [-0.39, 0.29) is 11.8 Å². The molecule has 0 aliphatic heterocycles. The van der Waals surface area contributed by atoms with E-state index >= 15 is 0 Å². The van der Waals surface area contributed by atoms with Crippen molar-refractivity contribution in [2.24, 2.45) is 11.8 Å². The van der Waals surface area contributed by atoms with Crippen molar-refractivity contribution >= 4 is 5.97 Å². The monoisotopic (exact) mass is 241 g/mol. The fourth-order valence-electron chi connectivity index (χ4n) is 3.79. The van der Waals surface area contributed by atoms with Gasteiger partial charge in [-0.15, -0.1) is 0 Å². The summed E-state index contributed by atoms with van der Waals surface area (Å²) in [5, 5.41) is 18.8. The predicted molar refractivity (Wildman–Crippen MR) is 65.9 cm³/mol. The zero-order chi connectivity index (χ0) is 12.8. The molecule has 0 radical (unpaired) electrons. The van der Waals surface area contributed by atoms with Crippen molar-refractivity contribution < 1.29 is 9.90 Å². The molecule has 0 aromatic heterocycles. The fraction of sp³-hybridized carbons (Fsp3) is 0.467. The van der Waals surface area contributed by atoms with Gasteiger partial charge in [-0.05, 0) is 42.7 Å². The molecular formula is C15H15NO2. The lowest BCUT2D eigenvalue weighted by atomic mass is 9.63. The molecule has 1 saturated carbocycles. The van der Waals surface area contributed by atoms with Crippen molar-refractivity contribution in [3.8, 4) is 6.07 Å². The summed E-state index contributed by atoms with van der Waals surface area (Å²) in [5.74, 6) is -0.601. The summed E-state index contributed by atoms with van der Waals surface area (Å²) in [6, 6.07) is 10.2. The number of nitriles is 1. The van der Waals surface area contributed by atoms with Gasteiger partial charge in [0, 0.05) is 5.92 Å². The van der Waals surface area contributed by atoms with Crippen LogP contribution in [0.1, 0.15) is 30.4 Å². The lowest BCUT2D eigenvalue weighted by Crippen LogP contribution is -2.44. The van der Waals surface area contributed by atoms with E-state index in [1.807, 2.05) is 24.3 Å². The van der Waals surface area contributed by atoms with Gasteiger partial charge in [-0.3, -0.25) is 4.79 Å². The number of hydrogen-bond acceptors (Lipinski definition) is 2. The van der Waals surface area contributed by atoms with E-state index in [4.69, 9.17) is 5.26 Å². The standard InChI is InChI=1S/C15H15NO2/c16-9-10-5-6-15(14(17)18)12(7-10)8-11-3-1-2-4-13(11)15/h1-4,10,12H,5-8H2,(H,17,18)/t10-,12+,15-/m1/s1. The van der Waals surface area contributed by atoms with Gasteiger partial charge in [0.15, 0.2) is 0 Å². The van der Waals surface area contributed by atoms with Crippen molar-refractivity contribution in [2.75, 3.05) is 0 Å². The quantitative estimate of drug-likeness (QED) is 0.821. The highest BCUT2D eigenvalue weighted by Crippen LogP contribution is 2.52. The molecule has 0 unspecified atom stereocenters. The van der Waals surface area contributed by atoms with Crippen LogP contribution in [0.4, 0.5) is 0 Å². The number of aliphatic carboxylic acids is 1. The predicted octanol–water partition coefficient (Wildman–Crippen LogP) is 2.50. The molecule has 92 valence electrons. The fourth-order valence-corrected chi connectivity index (χ4v) is 3.79. The lowest BCUT2D eigenvalue weighted by Gasteiger charge is -2.38. The van der Waals surface area contributed by atoms with Crippen molar-refractivity contribution in [2.45, 2.75) is 31.1 Å². The minimum atomic E-state index is -0.732. The maximum Gasteiger partial charge on any atom is 0.314 e. The largest absolute Gasteiger partial charge is 0.481 e. The summed E-state index contributed by atoms with van der Waals surface area (Å²) in [7, 11) is 0. The normalized spacial score (nSPS) is 33.3. The first-order chi connectivity index (χ1) is 8.68. The number of hydrogen-bond donors (Lipinski definition) is 1. The van der Waals surface area contributed by atoms with E-state index < -0.39 is 11.4 Å². The van der Waals surface area contributed by atoms with E-state index in [9.17, 15) is 9.90 Å². The van der Waals surface area contributed by atoms with Crippen LogP contribution in [0.5, 0.6) is 0 Å². The van der Waals surface area contributed by atoms with E-state index in [1.165, 1.54) is 0 Å². The lowest BCUT2D eigenvalue weighted by molar-refractivity contribution is -0.147. The van der Waals surface area contributed by atoms with Gasteiger partial charge in [0.1, 0.15) is 0 Å². The molecule has 1 fully saturated rings. The number of fused-ring (bicyclic) bond motifs is 3. The summed E-state index contributed by atoms with van der Waals surface area (Å²) < 4.78 is 0. The number of carbonyl (C=O) groups is 1. The van der Waals surface area contributed by atoms with Gasteiger partial charge in [0.25, 0.3) is 0 Å². The van der Waals surface area contributed by atoms with Crippen molar-refractivity contribution in [3.63, 3.8) is 0 Å². The summed E-state index contributed by atoms with van der Waals surface area (Å²) in [4.78, 5) is 11.8. The molecule has 3 nitrogen and oxygen atoms in total. The minimum absolute atomic E-state index is 0.0248. The Morgan fingerprint density at radius 2 is 2.22 bits per heavy atom.